The average molecular weight is 321 g/mol. The Morgan fingerprint density at radius 3 is 2.61 bits per heavy atom. The number of rotatable bonds is 5. The number of aliphatic hydroxyl groups is 1. The first-order chi connectivity index (χ1) is 10.8. The highest BCUT2D eigenvalue weighted by Gasteiger charge is 2.48. The quantitative estimate of drug-likeness (QED) is 0.870. The summed E-state index contributed by atoms with van der Waals surface area (Å²) < 4.78 is 14.2. The molecule has 0 radical (unpaired) electrons. The molecule has 2 N–H and O–H groups in total. The fourth-order valence-corrected chi connectivity index (χ4v) is 3.75. The lowest BCUT2D eigenvalue weighted by Crippen LogP contribution is -2.56. The molecule has 0 aliphatic heterocycles. The minimum atomic E-state index is -1.39. The Balaban J connectivity index is 2.02. The van der Waals surface area contributed by atoms with E-state index in [2.05, 4.69) is 12.2 Å². The number of carbonyl (C=O) groups is 1. The van der Waals surface area contributed by atoms with Crippen LogP contribution in [-0.2, 0) is 4.79 Å². The van der Waals surface area contributed by atoms with Crippen LogP contribution in [0.15, 0.2) is 30.3 Å². The molecule has 3 unspecified atom stereocenters. The Hall–Kier alpha value is -1.42. The topological polar surface area (TPSA) is 49.3 Å². The number of hydrogen-bond donors (Lipinski definition) is 2. The van der Waals surface area contributed by atoms with Crippen molar-refractivity contribution < 1.29 is 14.3 Å². The Morgan fingerprint density at radius 1 is 1.35 bits per heavy atom. The van der Waals surface area contributed by atoms with Crippen LogP contribution in [0, 0.1) is 17.8 Å². The monoisotopic (exact) mass is 321 g/mol. The lowest BCUT2D eigenvalue weighted by molar-refractivity contribution is -0.156. The molecule has 0 aromatic heterocycles. The third kappa shape index (κ3) is 4.11. The van der Waals surface area contributed by atoms with Gasteiger partial charge in [0.25, 0.3) is 5.91 Å². The smallest absolute Gasteiger partial charge is 0.252 e. The van der Waals surface area contributed by atoms with Gasteiger partial charge in [0.15, 0.2) is 0 Å². The summed E-state index contributed by atoms with van der Waals surface area (Å²) in [5.41, 5.74) is -0.848. The molecule has 23 heavy (non-hydrogen) atoms. The van der Waals surface area contributed by atoms with E-state index in [1.165, 1.54) is 0 Å². The van der Waals surface area contributed by atoms with E-state index < -0.39 is 17.7 Å². The van der Waals surface area contributed by atoms with Crippen LogP contribution in [0.1, 0.15) is 51.8 Å². The second-order valence-electron chi connectivity index (χ2n) is 7.25. The highest BCUT2D eigenvalue weighted by atomic mass is 19.1. The zero-order chi connectivity index (χ0) is 17.0. The maximum Gasteiger partial charge on any atom is 0.252 e. The summed E-state index contributed by atoms with van der Waals surface area (Å²) in [7, 11) is 0. The van der Waals surface area contributed by atoms with Crippen molar-refractivity contribution in [1.29, 1.82) is 0 Å². The Kier molecular flexibility index (Phi) is 5.79. The second kappa shape index (κ2) is 7.43. The molecule has 1 aliphatic carbocycles. The minimum absolute atomic E-state index is 0.0755. The van der Waals surface area contributed by atoms with Crippen molar-refractivity contribution in [2.45, 2.75) is 51.8 Å². The number of halogens is 1. The van der Waals surface area contributed by atoms with Gasteiger partial charge in [0.05, 0.1) is 6.54 Å². The van der Waals surface area contributed by atoms with E-state index in [-0.39, 0.29) is 18.4 Å². The zero-order valence-corrected chi connectivity index (χ0v) is 14.3. The number of benzene rings is 1. The Morgan fingerprint density at radius 2 is 2.00 bits per heavy atom. The first kappa shape index (κ1) is 17.9. The van der Waals surface area contributed by atoms with Gasteiger partial charge >= 0.3 is 0 Å². The first-order valence-electron chi connectivity index (χ1n) is 8.54. The molecular formula is C19H28FNO2. The predicted octanol–water partition coefficient (Wildman–Crippen LogP) is 3.64. The van der Waals surface area contributed by atoms with Gasteiger partial charge in [0.1, 0.15) is 11.8 Å². The van der Waals surface area contributed by atoms with E-state index in [0.29, 0.717) is 17.9 Å². The van der Waals surface area contributed by atoms with E-state index in [9.17, 15) is 14.3 Å². The molecule has 1 aromatic carbocycles. The van der Waals surface area contributed by atoms with Crippen LogP contribution in [-0.4, -0.2) is 23.2 Å². The molecule has 4 atom stereocenters. The number of hydrogen-bond acceptors (Lipinski definition) is 2. The molecule has 1 aromatic rings. The van der Waals surface area contributed by atoms with E-state index in [4.69, 9.17) is 0 Å². The summed E-state index contributed by atoms with van der Waals surface area (Å²) in [4.78, 5) is 12.6. The minimum Gasteiger partial charge on any atom is -0.380 e. The maximum atomic E-state index is 14.2. The highest BCUT2D eigenvalue weighted by Crippen LogP contribution is 2.41. The lowest BCUT2D eigenvalue weighted by Gasteiger charge is -2.43. The van der Waals surface area contributed by atoms with Gasteiger partial charge in [-0.2, -0.15) is 0 Å². The number of amides is 1. The second-order valence-corrected chi connectivity index (χ2v) is 7.25. The third-order valence-electron chi connectivity index (χ3n) is 5.04. The summed E-state index contributed by atoms with van der Waals surface area (Å²) in [5, 5.41) is 13.6. The van der Waals surface area contributed by atoms with Crippen molar-refractivity contribution in [3.63, 3.8) is 0 Å². The van der Waals surface area contributed by atoms with Gasteiger partial charge < -0.3 is 10.4 Å². The van der Waals surface area contributed by atoms with Gasteiger partial charge in [0.2, 0.25) is 0 Å². The molecule has 1 amide bonds. The molecule has 1 saturated carbocycles. The van der Waals surface area contributed by atoms with Crippen LogP contribution in [0.3, 0.4) is 0 Å². The van der Waals surface area contributed by atoms with Crippen molar-refractivity contribution in [3.05, 3.63) is 35.9 Å². The average Bonchev–Trinajstić information content (AvgIpc) is 2.52. The predicted molar refractivity (Wildman–Crippen MR) is 89.6 cm³/mol. The fourth-order valence-electron chi connectivity index (χ4n) is 3.75. The van der Waals surface area contributed by atoms with Crippen molar-refractivity contribution >= 4 is 5.91 Å². The van der Waals surface area contributed by atoms with Gasteiger partial charge in [0, 0.05) is 0 Å². The van der Waals surface area contributed by atoms with E-state index in [1.807, 2.05) is 19.9 Å². The Bertz CT molecular complexity index is 519. The van der Waals surface area contributed by atoms with Crippen molar-refractivity contribution in [3.8, 4) is 0 Å². The van der Waals surface area contributed by atoms with Crippen LogP contribution in [0.4, 0.5) is 4.39 Å². The summed E-state index contributed by atoms with van der Waals surface area (Å²) in [6.07, 6.45) is 1.04. The normalized spacial score (nSPS) is 29.3. The molecule has 1 fully saturated rings. The van der Waals surface area contributed by atoms with Crippen LogP contribution in [0.2, 0.25) is 0 Å². The molecular weight excluding hydrogens is 293 g/mol. The SMILES string of the molecule is CC1CCC(C(C)C)C(O)(C(=O)NC[C@@H](F)c2ccccc2)C1. The molecule has 4 heteroatoms. The molecule has 0 heterocycles. The van der Waals surface area contributed by atoms with Gasteiger partial charge in [-0.3, -0.25) is 4.79 Å². The van der Waals surface area contributed by atoms with Crippen molar-refractivity contribution in [2.75, 3.05) is 6.54 Å². The van der Waals surface area contributed by atoms with Gasteiger partial charge in [-0.15, -0.1) is 0 Å². The van der Waals surface area contributed by atoms with Crippen LogP contribution in [0.25, 0.3) is 0 Å². The zero-order valence-electron chi connectivity index (χ0n) is 14.3. The molecule has 2 rings (SSSR count). The number of carbonyl (C=O) groups excluding carboxylic acids is 1. The highest BCUT2D eigenvalue weighted by molar-refractivity contribution is 5.85. The van der Waals surface area contributed by atoms with E-state index in [1.54, 1.807) is 24.3 Å². The standard InChI is InChI=1S/C19H28FNO2/c1-13(2)16-10-9-14(3)11-19(16,23)18(22)21-12-17(20)15-7-5-4-6-8-15/h4-8,13-14,16-17,23H,9-12H2,1-3H3,(H,21,22)/t14?,16?,17-,19?/m1/s1. The summed E-state index contributed by atoms with van der Waals surface area (Å²) in [6.45, 7) is 6.00. The van der Waals surface area contributed by atoms with Gasteiger partial charge in [-0.25, -0.2) is 4.39 Å². The fraction of sp³-hybridized carbons (Fsp3) is 0.632. The lowest BCUT2D eigenvalue weighted by atomic mass is 9.66. The van der Waals surface area contributed by atoms with Gasteiger partial charge in [-0.05, 0) is 36.2 Å². The number of nitrogens with one attached hydrogen (secondary N) is 1. The summed E-state index contributed by atoms with van der Waals surface area (Å²) >= 11 is 0. The van der Waals surface area contributed by atoms with Crippen molar-refractivity contribution in [1.82, 2.24) is 5.32 Å². The third-order valence-corrected chi connectivity index (χ3v) is 5.04. The summed E-state index contributed by atoms with van der Waals surface area (Å²) in [5.74, 6) is 0.0133. The maximum absolute atomic E-state index is 14.2. The molecule has 3 nitrogen and oxygen atoms in total. The van der Waals surface area contributed by atoms with Crippen molar-refractivity contribution in [2.24, 2.45) is 17.8 Å². The molecule has 1 aliphatic rings. The molecule has 0 spiro atoms. The van der Waals surface area contributed by atoms with Crippen LogP contribution in [0.5, 0.6) is 0 Å². The van der Waals surface area contributed by atoms with Gasteiger partial charge in [-0.1, -0.05) is 57.5 Å². The van der Waals surface area contributed by atoms with E-state index >= 15 is 0 Å². The molecule has 0 saturated heterocycles. The molecule has 128 valence electrons. The van der Waals surface area contributed by atoms with Crippen LogP contribution >= 0.6 is 0 Å². The largest absolute Gasteiger partial charge is 0.380 e. The number of alkyl halides is 1. The van der Waals surface area contributed by atoms with E-state index in [0.717, 1.165) is 12.8 Å². The van der Waals surface area contributed by atoms with Crippen LogP contribution < -0.4 is 5.32 Å². The molecule has 0 bridgehead atoms. The summed E-state index contributed by atoms with van der Waals surface area (Å²) in [6, 6.07) is 8.77. The Labute approximate surface area is 138 Å². The first-order valence-corrected chi connectivity index (χ1v) is 8.54.